The average Bonchev–Trinajstić information content (AvgIpc) is 2.55. The van der Waals surface area contributed by atoms with Crippen LogP contribution in [0.15, 0.2) is 58.4 Å². The zero-order valence-electron chi connectivity index (χ0n) is 11.9. The summed E-state index contributed by atoms with van der Waals surface area (Å²) in [7, 11) is 0. The standard InChI is InChI=1S/C16H12N4O3/c21-15-14(18-12-7-3-4-8-13(12)19-15)20-17-9-10-5-1-2-6-11(10)16(22)23/h1-9H,(H,18,20)(H,19,21)(H,22,23)/b17-9+. The Kier molecular flexibility index (Phi) is 3.84. The first kappa shape index (κ1) is 14.5. The van der Waals surface area contributed by atoms with E-state index >= 15 is 0 Å². The molecule has 3 rings (SSSR count). The zero-order valence-corrected chi connectivity index (χ0v) is 11.9. The van der Waals surface area contributed by atoms with Gasteiger partial charge in [0.25, 0.3) is 5.56 Å². The van der Waals surface area contributed by atoms with Gasteiger partial charge in [-0.1, -0.05) is 30.3 Å². The van der Waals surface area contributed by atoms with E-state index in [1.165, 1.54) is 12.3 Å². The fourth-order valence-corrected chi connectivity index (χ4v) is 2.07. The molecule has 1 aromatic heterocycles. The maximum Gasteiger partial charge on any atom is 0.336 e. The predicted molar refractivity (Wildman–Crippen MR) is 87.0 cm³/mol. The number of para-hydroxylation sites is 2. The first-order chi connectivity index (χ1) is 11.1. The molecule has 3 N–H and O–H groups in total. The number of hydrogen-bond acceptors (Lipinski definition) is 5. The Morgan fingerprint density at radius 1 is 1.17 bits per heavy atom. The highest BCUT2D eigenvalue weighted by molar-refractivity contribution is 5.98. The molecule has 0 aliphatic carbocycles. The van der Waals surface area contributed by atoms with Gasteiger partial charge in [0, 0.05) is 5.56 Å². The minimum absolute atomic E-state index is 0.0350. The zero-order chi connectivity index (χ0) is 16.2. The highest BCUT2D eigenvalue weighted by Crippen LogP contribution is 2.09. The van der Waals surface area contributed by atoms with E-state index in [-0.39, 0.29) is 11.4 Å². The van der Waals surface area contributed by atoms with Crippen LogP contribution < -0.4 is 11.0 Å². The summed E-state index contributed by atoms with van der Waals surface area (Å²) in [6.07, 6.45) is 1.33. The maximum atomic E-state index is 11.9. The normalized spacial score (nSPS) is 11.0. The van der Waals surface area contributed by atoms with Gasteiger partial charge in [-0.05, 0) is 18.2 Å². The third kappa shape index (κ3) is 3.08. The first-order valence-corrected chi connectivity index (χ1v) is 6.75. The van der Waals surface area contributed by atoms with E-state index in [0.717, 1.165) is 0 Å². The molecule has 7 nitrogen and oxygen atoms in total. The molecule has 0 amide bonds. The number of benzene rings is 2. The monoisotopic (exact) mass is 308 g/mol. The Balaban J connectivity index is 1.88. The van der Waals surface area contributed by atoms with E-state index in [2.05, 4.69) is 20.5 Å². The summed E-state index contributed by atoms with van der Waals surface area (Å²) in [4.78, 5) is 29.9. The van der Waals surface area contributed by atoms with Gasteiger partial charge in [0.15, 0.2) is 0 Å². The number of fused-ring (bicyclic) bond motifs is 1. The molecule has 0 spiro atoms. The molecule has 23 heavy (non-hydrogen) atoms. The van der Waals surface area contributed by atoms with E-state index in [4.69, 9.17) is 5.11 Å². The van der Waals surface area contributed by atoms with E-state index in [0.29, 0.717) is 16.6 Å². The van der Waals surface area contributed by atoms with Crippen molar-refractivity contribution >= 4 is 29.0 Å². The predicted octanol–water partition coefficient (Wildman–Crippen LogP) is 2.07. The number of aromatic nitrogens is 2. The van der Waals surface area contributed by atoms with Crippen LogP contribution in [0.3, 0.4) is 0 Å². The average molecular weight is 308 g/mol. The molecular formula is C16H12N4O3. The van der Waals surface area contributed by atoms with Crippen molar-refractivity contribution in [3.05, 3.63) is 70.0 Å². The van der Waals surface area contributed by atoms with Gasteiger partial charge in [0.2, 0.25) is 5.82 Å². The van der Waals surface area contributed by atoms with Gasteiger partial charge in [-0.15, -0.1) is 0 Å². The molecule has 0 atom stereocenters. The van der Waals surface area contributed by atoms with Crippen molar-refractivity contribution < 1.29 is 9.90 Å². The minimum atomic E-state index is -1.05. The maximum absolute atomic E-state index is 11.9. The number of carbonyl (C=O) groups is 1. The van der Waals surface area contributed by atoms with Crippen LogP contribution in [0.1, 0.15) is 15.9 Å². The molecule has 114 valence electrons. The molecule has 1 heterocycles. The van der Waals surface area contributed by atoms with Crippen molar-refractivity contribution in [1.29, 1.82) is 0 Å². The molecule has 0 radical (unpaired) electrons. The highest BCUT2D eigenvalue weighted by Gasteiger charge is 2.07. The number of aromatic carboxylic acids is 1. The quantitative estimate of drug-likeness (QED) is 0.505. The fraction of sp³-hybridized carbons (Fsp3) is 0. The van der Waals surface area contributed by atoms with Crippen molar-refractivity contribution in [2.75, 3.05) is 5.43 Å². The summed E-state index contributed by atoms with van der Waals surface area (Å²) in [6.45, 7) is 0. The molecule has 0 unspecified atom stereocenters. The van der Waals surface area contributed by atoms with Crippen LogP contribution in [-0.2, 0) is 0 Å². The molecule has 3 aromatic rings. The molecule has 0 saturated carbocycles. The lowest BCUT2D eigenvalue weighted by atomic mass is 10.1. The number of anilines is 1. The number of hydrazone groups is 1. The molecule has 0 bridgehead atoms. The lowest BCUT2D eigenvalue weighted by Crippen LogP contribution is -2.13. The van der Waals surface area contributed by atoms with Crippen LogP contribution in [-0.4, -0.2) is 27.3 Å². The molecule has 0 saturated heterocycles. The van der Waals surface area contributed by atoms with Crippen molar-refractivity contribution in [3.63, 3.8) is 0 Å². The number of aromatic amines is 1. The summed E-state index contributed by atoms with van der Waals surface area (Å²) in [5.41, 5.74) is 3.93. The Morgan fingerprint density at radius 3 is 2.74 bits per heavy atom. The molecule has 0 aliphatic rings. The number of rotatable bonds is 4. The Morgan fingerprint density at radius 2 is 1.91 bits per heavy atom. The van der Waals surface area contributed by atoms with E-state index in [1.54, 1.807) is 36.4 Å². The van der Waals surface area contributed by atoms with Crippen LogP contribution in [0, 0.1) is 0 Å². The van der Waals surface area contributed by atoms with E-state index in [9.17, 15) is 9.59 Å². The number of H-pyrrole nitrogens is 1. The van der Waals surface area contributed by atoms with Gasteiger partial charge in [-0.2, -0.15) is 5.10 Å². The van der Waals surface area contributed by atoms with E-state index in [1.807, 2.05) is 6.07 Å². The topological polar surface area (TPSA) is 107 Å². The smallest absolute Gasteiger partial charge is 0.336 e. The molecule has 7 heteroatoms. The molecule has 0 aliphatic heterocycles. The van der Waals surface area contributed by atoms with Gasteiger partial charge < -0.3 is 10.1 Å². The number of carboxylic acid groups (broad SMARTS) is 1. The second-order valence-electron chi connectivity index (χ2n) is 4.69. The van der Waals surface area contributed by atoms with Gasteiger partial charge in [0.05, 0.1) is 22.8 Å². The first-order valence-electron chi connectivity index (χ1n) is 6.75. The van der Waals surface area contributed by atoms with Gasteiger partial charge in [-0.3, -0.25) is 10.2 Å². The van der Waals surface area contributed by atoms with Crippen molar-refractivity contribution in [2.45, 2.75) is 0 Å². The lowest BCUT2D eigenvalue weighted by molar-refractivity contribution is 0.0697. The molecule has 2 aromatic carbocycles. The van der Waals surface area contributed by atoms with Crippen molar-refractivity contribution in [1.82, 2.24) is 9.97 Å². The second-order valence-corrected chi connectivity index (χ2v) is 4.69. The Labute approximate surface area is 130 Å². The van der Waals surface area contributed by atoms with Crippen LogP contribution in [0.4, 0.5) is 5.82 Å². The summed E-state index contributed by atoms with van der Waals surface area (Å²) >= 11 is 0. The SMILES string of the molecule is O=C(O)c1ccccc1/C=N/Nc1nc2ccccc2[nH]c1=O. The number of nitrogens with zero attached hydrogens (tertiary/aromatic N) is 2. The van der Waals surface area contributed by atoms with Crippen LogP contribution in [0.25, 0.3) is 11.0 Å². The molecule has 0 fully saturated rings. The number of hydrogen-bond donors (Lipinski definition) is 3. The summed E-state index contributed by atoms with van der Waals surface area (Å²) in [5, 5.41) is 13.0. The largest absolute Gasteiger partial charge is 0.478 e. The van der Waals surface area contributed by atoms with Crippen LogP contribution in [0.5, 0.6) is 0 Å². The summed E-state index contributed by atoms with van der Waals surface area (Å²) in [6, 6.07) is 13.5. The van der Waals surface area contributed by atoms with Crippen molar-refractivity contribution in [2.24, 2.45) is 5.10 Å². The van der Waals surface area contributed by atoms with Gasteiger partial charge in [-0.25, -0.2) is 9.78 Å². The van der Waals surface area contributed by atoms with Gasteiger partial charge >= 0.3 is 5.97 Å². The third-order valence-electron chi connectivity index (χ3n) is 3.16. The van der Waals surface area contributed by atoms with E-state index < -0.39 is 11.5 Å². The minimum Gasteiger partial charge on any atom is -0.478 e. The Hall–Kier alpha value is -3.48. The molecular weight excluding hydrogens is 296 g/mol. The van der Waals surface area contributed by atoms with Gasteiger partial charge in [0.1, 0.15) is 0 Å². The van der Waals surface area contributed by atoms with Crippen molar-refractivity contribution in [3.8, 4) is 0 Å². The lowest BCUT2D eigenvalue weighted by Gasteiger charge is -2.02. The number of carboxylic acids is 1. The second kappa shape index (κ2) is 6.10. The highest BCUT2D eigenvalue weighted by atomic mass is 16.4. The van der Waals surface area contributed by atoms with Crippen LogP contribution in [0.2, 0.25) is 0 Å². The Bertz CT molecular complexity index is 963. The third-order valence-corrected chi connectivity index (χ3v) is 3.16. The fourth-order valence-electron chi connectivity index (χ4n) is 2.07. The number of nitrogens with one attached hydrogen (secondary N) is 2. The summed E-state index contributed by atoms with van der Waals surface area (Å²) in [5.74, 6) is -1.01. The summed E-state index contributed by atoms with van der Waals surface area (Å²) < 4.78 is 0. The van der Waals surface area contributed by atoms with Crippen LogP contribution >= 0.6 is 0 Å².